The van der Waals surface area contributed by atoms with Crippen LogP contribution in [0.2, 0.25) is 0 Å². The standard InChI is InChI=1S/C24H21F4NO2/c1-23(2)12-19-22(20(30)13-23)18(14-5-3-7-16(25)9-14)11-21(31)29(19)17-8-4-6-15(10-17)24(26,27)28/h3-10,18H,11-13H2,1-2H3. The Labute approximate surface area is 177 Å². The van der Waals surface area contributed by atoms with Crippen LogP contribution in [0.1, 0.15) is 50.2 Å². The molecular formula is C24H21F4NO2. The Morgan fingerprint density at radius 2 is 1.71 bits per heavy atom. The summed E-state index contributed by atoms with van der Waals surface area (Å²) >= 11 is 0. The lowest BCUT2D eigenvalue weighted by Gasteiger charge is -2.43. The van der Waals surface area contributed by atoms with Crippen LogP contribution in [-0.2, 0) is 15.8 Å². The second-order valence-corrected chi connectivity index (χ2v) is 8.89. The van der Waals surface area contributed by atoms with E-state index in [2.05, 4.69) is 0 Å². The van der Waals surface area contributed by atoms with Crippen LogP contribution in [0.3, 0.4) is 0 Å². The Hall–Kier alpha value is -2.96. The highest BCUT2D eigenvalue weighted by molar-refractivity contribution is 6.07. The minimum Gasteiger partial charge on any atom is -0.294 e. The molecule has 1 heterocycles. The van der Waals surface area contributed by atoms with Crippen LogP contribution in [0.4, 0.5) is 23.2 Å². The molecule has 1 unspecified atom stereocenters. The molecule has 1 aliphatic carbocycles. The van der Waals surface area contributed by atoms with Crippen LogP contribution < -0.4 is 4.90 Å². The van der Waals surface area contributed by atoms with Crippen molar-refractivity contribution in [1.82, 2.24) is 0 Å². The molecule has 1 aliphatic heterocycles. The number of hydrogen-bond acceptors (Lipinski definition) is 2. The fourth-order valence-corrected chi connectivity index (χ4v) is 4.54. The van der Waals surface area contributed by atoms with E-state index in [0.29, 0.717) is 23.3 Å². The van der Waals surface area contributed by atoms with E-state index in [1.54, 1.807) is 6.07 Å². The lowest BCUT2D eigenvalue weighted by molar-refractivity contribution is -0.137. The number of hydrogen-bond donors (Lipinski definition) is 0. The zero-order valence-electron chi connectivity index (χ0n) is 17.1. The van der Waals surface area contributed by atoms with Crippen LogP contribution in [0.15, 0.2) is 59.8 Å². The molecule has 0 saturated heterocycles. The highest BCUT2D eigenvalue weighted by Gasteiger charge is 2.44. The fourth-order valence-electron chi connectivity index (χ4n) is 4.54. The quantitative estimate of drug-likeness (QED) is 0.547. The number of anilines is 1. The van der Waals surface area contributed by atoms with E-state index in [1.165, 1.54) is 35.2 Å². The number of ketones is 1. The number of allylic oxidation sites excluding steroid dienone is 2. The van der Waals surface area contributed by atoms with Crippen molar-refractivity contribution in [3.63, 3.8) is 0 Å². The summed E-state index contributed by atoms with van der Waals surface area (Å²) in [6, 6.07) is 10.3. The number of nitrogens with zero attached hydrogens (tertiary/aromatic N) is 1. The Bertz CT molecular complexity index is 1100. The molecule has 0 fully saturated rings. The minimum absolute atomic E-state index is 0.0792. The third-order valence-electron chi connectivity index (χ3n) is 5.83. The largest absolute Gasteiger partial charge is 0.416 e. The lowest BCUT2D eigenvalue weighted by Crippen LogP contribution is -2.43. The monoisotopic (exact) mass is 431 g/mol. The van der Waals surface area contributed by atoms with Crippen molar-refractivity contribution in [2.75, 3.05) is 4.90 Å². The number of halogens is 4. The molecule has 0 N–H and O–H groups in total. The molecule has 7 heteroatoms. The molecule has 0 spiro atoms. The number of rotatable bonds is 2. The maximum atomic E-state index is 13.9. The van der Waals surface area contributed by atoms with Gasteiger partial charge in [-0.25, -0.2) is 4.39 Å². The van der Waals surface area contributed by atoms with E-state index < -0.39 is 34.8 Å². The molecule has 2 aromatic rings. The lowest BCUT2D eigenvalue weighted by atomic mass is 9.69. The Morgan fingerprint density at radius 3 is 2.39 bits per heavy atom. The van der Waals surface area contributed by atoms with E-state index in [1.807, 2.05) is 13.8 Å². The molecule has 2 aromatic carbocycles. The van der Waals surface area contributed by atoms with Gasteiger partial charge in [0, 0.05) is 35.7 Å². The predicted octanol–water partition coefficient (Wildman–Crippen LogP) is 6.01. The molecule has 162 valence electrons. The number of carbonyl (C=O) groups excluding carboxylic acids is 2. The topological polar surface area (TPSA) is 37.4 Å². The van der Waals surface area contributed by atoms with Gasteiger partial charge in [-0.15, -0.1) is 0 Å². The summed E-state index contributed by atoms with van der Waals surface area (Å²) in [5.74, 6) is -1.68. The molecular weight excluding hydrogens is 410 g/mol. The number of carbonyl (C=O) groups is 2. The van der Waals surface area contributed by atoms with Crippen molar-refractivity contribution in [3.05, 3.63) is 76.7 Å². The van der Waals surface area contributed by atoms with Crippen LogP contribution >= 0.6 is 0 Å². The third-order valence-corrected chi connectivity index (χ3v) is 5.83. The fraction of sp³-hybridized carbons (Fsp3) is 0.333. The summed E-state index contributed by atoms with van der Waals surface area (Å²) in [5, 5.41) is 0. The van der Waals surface area contributed by atoms with Crippen molar-refractivity contribution in [2.45, 2.75) is 45.2 Å². The van der Waals surface area contributed by atoms with E-state index >= 15 is 0 Å². The van der Waals surface area contributed by atoms with E-state index in [-0.39, 0.29) is 24.3 Å². The zero-order valence-corrected chi connectivity index (χ0v) is 17.1. The highest BCUT2D eigenvalue weighted by atomic mass is 19.4. The van der Waals surface area contributed by atoms with Crippen molar-refractivity contribution in [1.29, 1.82) is 0 Å². The first-order chi connectivity index (χ1) is 14.5. The zero-order chi connectivity index (χ0) is 22.6. The minimum atomic E-state index is -4.56. The van der Waals surface area contributed by atoms with Crippen molar-refractivity contribution < 1.29 is 27.2 Å². The van der Waals surface area contributed by atoms with E-state index in [0.717, 1.165) is 12.1 Å². The number of alkyl halides is 3. The molecule has 4 rings (SSSR count). The second kappa shape index (κ2) is 7.32. The molecule has 0 radical (unpaired) electrons. The van der Waals surface area contributed by atoms with Crippen molar-refractivity contribution in [2.24, 2.45) is 5.41 Å². The van der Waals surface area contributed by atoms with Crippen LogP contribution in [0.25, 0.3) is 0 Å². The molecule has 3 nitrogen and oxygen atoms in total. The summed E-state index contributed by atoms with van der Waals surface area (Å²) in [7, 11) is 0. The third kappa shape index (κ3) is 4.01. The van der Waals surface area contributed by atoms with Gasteiger partial charge in [-0.05, 0) is 47.7 Å². The maximum absolute atomic E-state index is 13.9. The summed E-state index contributed by atoms with van der Waals surface area (Å²) in [5.41, 5.74) is 0.0645. The first-order valence-electron chi connectivity index (χ1n) is 9.98. The highest BCUT2D eigenvalue weighted by Crippen LogP contribution is 2.48. The molecule has 0 saturated carbocycles. The SMILES string of the molecule is CC1(C)CC(=O)C2=C(C1)N(c1cccc(C(F)(F)F)c1)C(=O)CC2c1cccc(F)c1. The molecule has 0 aromatic heterocycles. The van der Waals surface area contributed by atoms with Gasteiger partial charge in [0.05, 0.1) is 5.56 Å². The van der Waals surface area contributed by atoms with Gasteiger partial charge in [-0.1, -0.05) is 32.0 Å². The van der Waals surface area contributed by atoms with Gasteiger partial charge in [0.25, 0.3) is 0 Å². The van der Waals surface area contributed by atoms with Crippen molar-refractivity contribution >= 4 is 17.4 Å². The molecule has 1 amide bonds. The number of Topliss-reactive ketones (excluding diaryl/α,β-unsaturated/α-hetero) is 1. The van der Waals surface area contributed by atoms with E-state index in [4.69, 9.17) is 0 Å². The molecule has 1 atom stereocenters. The molecule has 31 heavy (non-hydrogen) atoms. The molecule has 0 bridgehead atoms. The van der Waals surface area contributed by atoms with Gasteiger partial charge in [0.2, 0.25) is 5.91 Å². The van der Waals surface area contributed by atoms with Crippen LogP contribution in [0.5, 0.6) is 0 Å². The Balaban J connectivity index is 1.90. The average Bonchev–Trinajstić information content (AvgIpc) is 2.65. The van der Waals surface area contributed by atoms with Gasteiger partial charge in [0.1, 0.15) is 5.82 Å². The predicted molar refractivity (Wildman–Crippen MR) is 108 cm³/mol. The van der Waals surface area contributed by atoms with Crippen LogP contribution in [-0.4, -0.2) is 11.7 Å². The number of amides is 1. The summed E-state index contributed by atoms with van der Waals surface area (Å²) in [4.78, 5) is 27.6. The van der Waals surface area contributed by atoms with Crippen LogP contribution in [0, 0.1) is 11.2 Å². The van der Waals surface area contributed by atoms with Gasteiger partial charge < -0.3 is 0 Å². The summed E-state index contributed by atoms with van der Waals surface area (Å²) in [6.07, 6.45) is -4.08. The van der Waals surface area contributed by atoms with E-state index in [9.17, 15) is 27.2 Å². The van der Waals surface area contributed by atoms with Gasteiger partial charge in [0.15, 0.2) is 5.78 Å². The maximum Gasteiger partial charge on any atom is 0.416 e. The normalized spacial score (nSPS) is 21.4. The second-order valence-electron chi connectivity index (χ2n) is 8.89. The molecule has 2 aliphatic rings. The van der Waals surface area contributed by atoms with Gasteiger partial charge in [-0.2, -0.15) is 13.2 Å². The Morgan fingerprint density at radius 1 is 1.00 bits per heavy atom. The summed E-state index contributed by atoms with van der Waals surface area (Å²) in [6.45, 7) is 3.77. The Kier molecular flexibility index (Phi) is 5.03. The van der Waals surface area contributed by atoms with Gasteiger partial charge >= 0.3 is 6.18 Å². The number of benzene rings is 2. The smallest absolute Gasteiger partial charge is 0.294 e. The average molecular weight is 431 g/mol. The first kappa shape index (κ1) is 21.3. The first-order valence-corrected chi connectivity index (χ1v) is 9.98. The summed E-state index contributed by atoms with van der Waals surface area (Å²) < 4.78 is 53.7. The van der Waals surface area contributed by atoms with Gasteiger partial charge in [-0.3, -0.25) is 14.5 Å². The van der Waals surface area contributed by atoms with Crippen molar-refractivity contribution in [3.8, 4) is 0 Å².